The fraction of sp³-hybridized carbons (Fsp3) is 0.231. The third-order valence-corrected chi connectivity index (χ3v) is 8.09. The van der Waals surface area contributed by atoms with Crippen LogP contribution in [0.25, 0.3) is 0 Å². The number of pyridine rings is 1. The van der Waals surface area contributed by atoms with Gasteiger partial charge in [-0.1, -0.05) is 28.9 Å². The van der Waals surface area contributed by atoms with Crippen LogP contribution in [0.1, 0.15) is 17.5 Å². The molecule has 0 spiro atoms. The van der Waals surface area contributed by atoms with Gasteiger partial charge in [-0.15, -0.1) is 0 Å². The Morgan fingerprint density at radius 3 is 2.40 bits per heavy atom. The molecule has 2 aromatic carbocycles. The van der Waals surface area contributed by atoms with Crippen molar-refractivity contribution in [1.29, 1.82) is 0 Å². The number of rotatable bonds is 11. The van der Waals surface area contributed by atoms with E-state index in [9.17, 15) is 35.2 Å². The third-order valence-electron chi connectivity index (χ3n) is 5.93. The van der Waals surface area contributed by atoms with Gasteiger partial charge in [-0.05, 0) is 48.0 Å². The highest BCUT2D eigenvalue weighted by atomic mass is 35.5. The summed E-state index contributed by atoms with van der Waals surface area (Å²) >= 11 is 5.92. The van der Waals surface area contributed by atoms with Gasteiger partial charge in [-0.25, -0.2) is 27.6 Å². The molecule has 0 bridgehead atoms. The summed E-state index contributed by atoms with van der Waals surface area (Å²) < 4.78 is 93.0. The molecule has 0 radical (unpaired) electrons. The molecule has 43 heavy (non-hydrogen) atoms. The Hall–Kier alpha value is -4.15. The Bertz CT molecular complexity index is 1620. The second-order valence-electron chi connectivity index (χ2n) is 9.02. The molecule has 10 nitrogen and oxygen atoms in total. The average Bonchev–Trinajstić information content (AvgIpc) is 3.43. The molecule has 2 heterocycles. The van der Waals surface area contributed by atoms with Crippen molar-refractivity contribution in [3.8, 4) is 0 Å². The highest BCUT2D eigenvalue weighted by Crippen LogP contribution is 2.32. The zero-order valence-electron chi connectivity index (χ0n) is 21.9. The van der Waals surface area contributed by atoms with E-state index in [-0.39, 0.29) is 47.5 Å². The highest BCUT2D eigenvalue weighted by Gasteiger charge is 2.34. The van der Waals surface area contributed by atoms with Crippen molar-refractivity contribution in [3.63, 3.8) is 0 Å². The molecule has 1 aromatic heterocycles. The Labute approximate surface area is 247 Å². The molecule has 228 valence electrons. The van der Waals surface area contributed by atoms with E-state index in [0.29, 0.717) is 17.8 Å². The van der Waals surface area contributed by atoms with E-state index in [1.54, 1.807) is 0 Å². The largest absolute Gasteiger partial charge is 0.417 e. The summed E-state index contributed by atoms with van der Waals surface area (Å²) in [5.41, 5.74) is 1.65. The molecule has 1 aliphatic rings. The average molecular weight is 645 g/mol. The lowest BCUT2D eigenvalue weighted by atomic mass is 10.2. The van der Waals surface area contributed by atoms with Crippen LogP contribution in [0.3, 0.4) is 0 Å². The summed E-state index contributed by atoms with van der Waals surface area (Å²) in [6.07, 6.45) is -3.77. The van der Waals surface area contributed by atoms with Crippen molar-refractivity contribution >= 4 is 45.3 Å². The van der Waals surface area contributed by atoms with Gasteiger partial charge in [-0.3, -0.25) is 4.79 Å². The zero-order chi connectivity index (χ0) is 31.2. The number of nitrogens with one attached hydrogen (secondary N) is 2. The summed E-state index contributed by atoms with van der Waals surface area (Å²) in [7, 11) is -4.24. The second-order valence-corrected chi connectivity index (χ2v) is 11.4. The maximum atomic E-state index is 13.4. The van der Waals surface area contributed by atoms with Crippen molar-refractivity contribution in [1.82, 2.24) is 14.7 Å². The smallest absolute Gasteiger partial charge is 0.390 e. The van der Waals surface area contributed by atoms with Crippen LogP contribution in [0, 0.1) is 11.6 Å². The number of sulfonamides is 1. The lowest BCUT2D eigenvalue weighted by Crippen LogP contribution is -2.41. The number of hydrogen-bond donors (Lipinski definition) is 2. The minimum atomic E-state index is -4.65. The molecule has 4 rings (SSSR count). The van der Waals surface area contributed by atoms with Crippen LogP contribution in [0.15, 0.2) is 75.9 Å². The van der Waals surface area contributed by atoms with Crippen molar-refractivity contribution < 1.29 is 40.0 Å². The SMILES string of the molecule is O=C(N/N=C\c1ccc(F)cc1)C1=NO[C@H](CN(CCNc2ncc(C(F)(F)F)cc2Cl)S(=O)(=O)c2ccc(F)cc2)C1. The molecule has 0 aliphatic carbocycles. The Morgan fingerprint density at radius 1 is 1.12 bits per heavy atom. The fourth-order valence-corrected chi connectivity index (χ4v) is 5.46. The summed E-state index contributed by atoms with van der Waals surface area (Å²) in [5.74, 6) is -1.90. The summed E-state index contributed by atoms with van der Waals surface area (Å²) in [5, 5.41) is 9.87. The van der Waals surface area contributed by atoms with Crippen LogP contribution in [0.2, 0.25) is 5.02 Å². The number of anilines is 1. The topological polar surface area (TPSA) is 125 Å². The molecular formula is C26H22ClF5N6O4S. The highest BCUT2D eigenvalue weighted by molar-refractivity contribution is 7.89. The summed E-state index contributed by atoms with van der Waals surface area (Å²) in [6, 6.07) is 10.1. The van der Waals surface area contributed by atoms with Crippen LogP contribution < -0.4 is 10.7 Å². The van der Waals surface area contributed by atoms with Gasteiger partial charge in [0.05, 0.1) is 28.2 Å². The van der Waals surface area contributed by atoms with Gasteiger partial charge in [0.15, 0.2) is 0 Å². The van der Waals surface area contributed by atoms with Gasteiger partial charge in [0.1, 0.15) is 29.3 Å². The fourth-order valence-electron chi connectivity index (χ4n) is 3.75. The number of benzene rings is 2. The quantitative estimate of drug-likeness (QED) is 0.181. The van der Waals surface area contributed by atoms with Crippen LogP contribution in [-0.4, -0.2) is 61.3 Å². The standard InChI is InChI=1S/C26H22ClF5N6O4S/c27-22-11-17(26(30,31)32)14-34-24(22)33-9-10-38(43(40,41)21-7-5-19(29)6-8-21)15-20-12-23(37-42-20)25(39)36-35-13-16-1-3-18(28)4-2-16/h1-8,11,13-14,20H,9-10,12,15H2,(H,33,34)(H,36,39)/b35-13-/t20-/m0/s1. The number of amides is 1. The van der Waals surface area contributed by atoms with Crippen LogP contribution in [0.4, 0.5) is 27.8 Å². The van der Waals surface area contributed by atoms with Gasteiger partial charge >= 0.3 is 6.18 Å². The number of halogens is 6. The first-order valence-corrected chi connectivity index (χ1v) is 14.2. The maximum Gasteiger partial charge on any atom is 0.417 e. The Balaban J connectivity index is 1.41. The Kier molecular flexibility index (Phi) is 9.93. The van der Waals surface area contributed by atoms with Crippen molar-refractivity contribution in [2.24, 2.45) is 10.3 Å². The van der Waals surface area contributed by atoms with Crippen molar-refractivity contribution in [3.05, 3.63) is 88.6 Å². The van der Waals surface area contributed by atoms with E-state index in [1.807, 2.05) is 0 Å². The Morgan fingerprint density at radius 2 is 1.77 bits per heavy atom. The predicted octanol–water partition coefficient (Wildman–Crippen LogP) is 4.43. The van der Waals surface area contributed by atoms with Gasteiger partial charge in [0, 0.05) is 25.7 Å². The molecule has 1 atom stereocenters. The van der Waals surface area contributed by atoms with Gasteiger partial charge < -0.3 is 10.2 Å². The van der Waals surface area contributed by atoms with E-state index in [0.717, 1.165) is 28.6 Å². The monoisotopic (exact) mass is 644 g/mol. The molecular weight excluding hydrogens is 623 g/mol. The lowest BCUT2D eigenvalue weighted by molar-refractivity contribution is -0.137. The van der Waals surface area contributed by atoms with E-state index in [4.69, 9.17) is 16.4 Å². The number of oxime groups is 1. The minimum absolute atomic E-state index is 0.0701. The normalized spacial score (nSPS) is 15.4. The van der Waals surface area contributed by atoms with Crippen LogP contribution in [0.5, 0.6) is 0 Å². The number of carbonyl (C=O) groups is 1. The first-order chi connectivity index (χ1) is 20.3. The van der Waals surface area contributed by atoms with Gasteiger partial charge in [0.2, 0.25) is 10.0 Å². The van der Waals surface area contributed by atoms with Crippen LogP contribution in [-0.2, 0) is 25.8 Å². The van der Waals surface area contributed by atoms with Gasteiger partial charge in [-0.2, -0.15) is 22.6 Å². The molecule has 1 aliphatic heterocycles. The van der Waals surface area contributed by atoms with Crippen LogP contribution >= 0.6 is 11.6 Å². The molecule has 0 saturated carbocycles. The summed E-state index contributed by atoms with van der Waals surface area (Å²) in [6.45, 7) is -0.686. The molecule has 2 N–H and O–H groups in total. The van der Waals surface area contributed by atoms with E-state index in [2.05, 4.69) is 26.0 Å². The number of hydrogen-bond acceptors (Lipinski definition) is 8. The van der Waals surface area contributed by atoms with Crippen molar-refractivity contribution in [2.75, 3.05) is 25.0 Å². The minimum Gasteiger partial charge on any atom is -0.390 e. The summed E-state index contributed by atoms with van der Waals surface area (Å²) in [4.78, 5) is 21.2. The number of aromatic nitrogens is 1. The number of hydrazone groups is 1. The van der Waals surface area contributed by atoms with E-state index < -0.39 is 45.4 Å². The maximum absolute atomic E-state index is 13.4. The molecule has 17 heteroatoms. The number of alkyl halides is 3. The number of nitrogens with zero attached hydrogens (tertiary/aromatic N) is 4. The molecule has 0 fully saturated rings. The number of carbonyl (C=O) groups excluding carboxylic acids is 1. The van der Waals surface area contributed by atoms with E-state index >= 15 is 0 Å². The molecule has 1 amide bonds. The lowest BCUT2D eigenvalue weighted by Gasteiger charge is -2.24. The second kappa shape index (κ2) is 13.4. The molecule has 0 unspecified atom stereocenters. The first-order valence-electron chi connectivity index (χ1n) is 12.4. The predicted molar refractivity (Wildman–Crippen MR) is 147 cm³/mol. The third kappa shape index (κ3) is 8.46. The zero-order valence-corrected chi connectivity index (χ0v) is 23.4. The van der Waals surface area contributed by atoms with E-state index in [1.165, 1.54) is 30.5 Å². The molecule has 3 aromatic rings. The molecule has 0 saturated heterocycles. The van der Waals surface area contributed by atoms with Crippen molar-refractivity contribution in [2.45, 2.75) is 23.6 Å². The first kappa shape index (κ1) is 31.8. The van der Waals surface area contributed by atoms with Gasteiger partial charge in [0.25, 0.3) is 5.91 Å².